The second-order valence-electron chi connectivity index (χ2n) is 19.3. The summed E-state index contributed by atoms with van der Waals surface area (Å²) in [6.07, 6.45) is 3.31. The normalized spacial score (nSPS) is 20.7. The molecular formula is C53H60N12O13. The van der Waals surface area contributed by atoms with E-state index in [4.69, 9.17) is 43.1 Å². The van der Waals surface area contributed by atoms with E-state index in [1.807, 2.05) is 12.1 Å². The highest BCUT2D eigenvalue weighted by atomic mass is 16.6. The Morgan fingerprint density at radius 1 is 0.756 bits per heavy atom. The number of morpholine rings is 1. The number of hydrogen-bond acceptors (Lipinski definition) is 20. The van der Waals surface area contributed by atoms with Crippen molar-refractivity contribution >= 4 is 53.7 Å². The summed E-state index contributed by atoms with van der Waals surface area (Å²) in [6.45, 7) is 8.11. The van der Waals surface area contributed by atoms with Crippen LogP contribution >= 0.6 is 0 Å². The molecule has 25 heteroatoms. The van der Waals surface area contributed by atoms with Crippen molar-refractivity contribution in [2.75, 3.05) is 119 Å². The summed E-state index contributed by atoms with van der Waals surface area (Å²) in [6, 6.07) is 17.2. The Morgan fingerprint density at radius 2 is 1.32 bits per heavy atom. The molecule has 4 atom stereocenters. The minimum atomic E-state index is -0.461. The Hall–Kier alpha value is -8.36. The summed E-state index contributed by atoms with van der Waals surface area (Å²) in [5, 5.41) is 38.4. The predicted octanol–water partition coefficient (Wildman–Crippen LogP) is 2.82. The first-order valence-corrected chi connectivity index (χ1v) is 25.8. The van der Waals surface area contributed by atoms with Crippen molar-refractivity contribution in [1.29, 1.82) is 10.5 Å². The summed E-state index contributed by atoms with van der Waals surface area (Å²) >= 11 is 0. The van der Waals surface area contributed by atoms with E-state index in [1.165, 1.54) is 15.4 Å². The molecule has 3 aromatic heterocycles. The van der Waals surface area contributed by atoms with E-state index in [1.54, 1.807) is 31.4 Å². The zero-order valence-corrected chi connectivity index (χ0v) is 43.0. The Bertz CT molecular complexity index is 2960. The van der Waals surface area contributed by atoms with Gasteiger partial charge in [0.15, 0.2) is 36.3 Å². The van der Waals surface area contributed by atoms with Crippen molar-refractivity contribution < 1.29 is 62.2 Å². The van der Waals surface area contributed by atoms with Gasteiger partial charge in [0.05, 0.1) is 39.0 Å². The second-order valence-corrected chi connectivity index (χ2v) is 19.3. The highest BCUT2D eigenvalue weighted by Gasteiger charge is 2.36. The molecule has 5 N–H and O–H groups in total. The van der Waals surface area contributed by atoms with Crippen LogP contribution < -0.4 is 50.0 Å². The predicted molar refractivity (Wildman–Crippen MR) is 277 cm³/mol. The van der Waals surface area contributed by atoms with Crippen LogP contribution in [0.3, 0.4) is 0 Å². The van der Waals surface area contributed by atoms with E-state index >= 15 is 0 Å². The second kappa shape index (κ2) is 25.7. The van der Waals surface area contributed by atoms with Gasteiger partial charge in [-0.3, -0.25) is 29.1 Å². The monoisotopic (exact) mass is 1070 g/mol. The van der Waals surface area contributed by atoms with Crippen LogP contribution in [-0.2, 0) is 54.3 Å². The third-order valence-electron chi connectivity index (χ3n) is 14.1. The number of fused-ring (bicyclic) bond motifs is 4. The first-order chi connectivity index (χ1) is 38.0. The van der Waals surface area contributed by atoms with E-state index in [0.29, 0.717) is 115 Å². The smallest absolute Gasteiger partial charge is 0.415 e. The molecule has 410 valence electrons. The maximum absolute atomic E-state index is 12.5. The van der Waals surface area contributed by atoms with E-state index in [0.717, 1.165) is 88.3 Å². The van der Waals surface area contributed by atoms with Gasteiger partial charge in [0.25, 0.3) is 18.3 Å². The SMILES string of the molecule is COc1cc2c(c(C#N)n1)CC(CNCCC1CN(c3ccc4c(n3)NC(=O)CO4)C(=O)O1)C2.N#Cc1c(OCCN2CCOCC2)ccc2c1CC(CNCCC1CN(c3ccc4c(n3)NC(=O)CO4)C(=O)O1)C2.O=CO. The fourth-order valence-electron chi connectivity index (χ4n) is 10.3. The van der Waals surface area contributed by atoms with E-state index in [-0.39, 0.29) is 43.7 Å². The lowest BCUT2D eigenvalue weighted by Crippen LogP contribution is -2.38. The van der Waals surface area contributed by atoms with Gasteiger partial charge >= 0.3 is 12.2 Å². The number of carbonyl (C=O) groups is 5. The zero-order chi connectivity index (χ0) is 54.5. The van der Waals surface area contributed by atoms with Gasteiger partial charge in [0.1, 0.15) is 54.0 Å². The number of ether oxygens (including phenoxy) is 7. The highest BCUT2D eigenvalue weighted by molar-refractivity contribution is 5.96. The summed E-state index contributed by atoms with van der Waals surface area (Å²) in [5.74, 6) is 3.72. The molecule has 0 saturated carbocycles. The molecule has 25 nitrogen and oxygen atoms in total. The number of rotatable bonds is 17. The molecule has 2 aliphatic carbocycles. The fraction of sp³-hybridized carbons (Fsp3) is 0.472. The summed E-state index contributed by atoms with van der Waals surface area (Å²) in [4.78, 5) is 74.6. The van der Waals surface area contributed by atoms with Crippen LogP contribution in [0.4, 0.5) is 32.9 Å². The number of nitrogens with zero attached hydrogens (tertiary/aromatic N) is 8. The highest BCUT2D eigenvalue weighted by Crippen LogP contribution is 2.36. The van der Waals surface area contributed by atoms with Gasteiger partial charge in [-0.05, 0) is 129 Å². The number of anilines is 4. The zero-order valence-electron chi connectivity index (χ0n) is 43.0. The quantitative estimate of drug-likeness (QED) is 0.0750. The molecule has 0 radical (unpaired) electrons. The van der Waals surface area contributed by atoms with Crippen molar-refractivity contribution in [3.63, 3.8) is 0 Å². The first-order valence-electron chi connectivity index (χ1n) is 25.8. The number of carbonyl (C=O) groups excluding carboxylic acids is 4. The molecule has 4 aromatic rings. The third kappa shape index (κ3) is 13.2. The molecule has 5 aliphatic heterocycles. The van der Waals surface area contributed by atoms with Crippen molar-refractivity contribution in [1.82, 2.24) is 30.5 Å². The number of aromatic nitrogens is 3. The number of nitrogens with one attached hydrogen (secondary N) is 4. The van der Waals surface area contributed by atoms with Crippen molar-refractivity contribution in [2.24, 2.45) is 11.8 Å². The Labute approximate surface area is 449 Å². The van der Waals surface area contributed by atoms with E-state index in [2.05, 4.69) is 59.3 Å². The Morgan fingerprint density at radius 3 is 1.87 bits per heavy atom. The maximum atomic E-state index is 12.5. The molecule has 0 spiro atoms. The molecule has 3 fully saturated rings. The molecule has 7 aliphatic rings. The van der Waals surface area contributed by atoms with Gasteiger partial charge in [0, 0.05) is 25.7 Å². The number of methoxy groups -OCH3 is 1. The molecule has 3 saturated heterocycles. The Kier molecular flexibility index (Phi) is 17.9. The van der Waals surface area contributed by atoms with Crippen LogP contribution in [0.5, 0.6) is 23.1 Å². The minimum absolute atomic E-state index is 0.0491. The van der Waals surface area contributed by atoms with Gasteiger partial charge in [-0.1, -0.05) is 6.07 Å². The van der Waals surface area contributed by atoms with Crippen LogP contribution in [0.25, 0.3) is 0 Å². The fourth-order valence-corrected chi connectivity index (χ4v) is 10.3. The lowest BCUT2D eigenvalue weighted by molar-refractivity contribution is -0.123. The molecule has 78 heavy (non-hydrogen) atoms. The third-order valence-corrected chi connectivity index (χ3v) is 14.1. The van der Waals surface area contributed by atoms with Crippen molar-refractivity contribution in [3.05, 3.63) is 76.0 Å². The number of nitriles is 2. The van der Waals surface area contributed by atoms with E-state index in [9.17, 15) is 29.7 Å². The van der Waals surface area contributed by atoms with Crippen LogP contribution in [-0.4, -0.2) is 167 Å². The van der Waals surface area contributed by atoms with Crippen LogP contribution in [0.1, 0.15) is 46.4 Å². The Balaban J connectivity index is 0.000000183. The standard InChI is InChI=1S/C29H34N6O6.C23H24N6O5.CH2O2/c30-15-23-22-14-19(13-20(22)1-2-24(23)39-12-9-34-7-10-38-11-8-34)16-31-6-5-21-17-35(29(37)41-21)26-4-3-25-28(32-26)33-27(36)18-40-25;1-32-21-8-14-6-13(7-16(14)17(9-24)26-21)10-25-5-4-15-11-29(23(31)34-15)19-3-2-18-22(27-19)28-20(30)12-33-18;2-1-3/h1-4,19,21,31H,5-14,16-18H2,(H,32,33,36);2-3,8,13,15,25H,4-7,10-12H2,1H3,(H,27,28,30);1H,(H,2,3). The van der Waals surface area contributed by atoms with Gasteiger partial charge in [0.2, 0.25) is 5.88 Å². The topological polar surface area (TPSA) is 314 Å². The van der Waals surface area contributed by atoms with Gasteiger partial charge in [-0.25, -0.2) is 24.5 Å². The number of benzene rings is 1. The summed E-state index contributed by atoms with van der Waals surface area (Å²) < 4.78 is 38.3. The van der Waals surface area contributed by atoms with Crippen LogP contribution in [0.2, 0.25) is 0 Å². The molecule has 11 rings (SSSR count). The average Bonchev–Trinajstić information content (AvgIpc) is 4.32. The molecule has 0 bridgehead atoms. The largest absolute Gasteiger partial charge is 0.491 e. The van der Waals surface area contributed by atoms with Crippen molar-refractivity contribution in [2.45, 2.75) is 50.7 Å². The number of amides is 4. The molecular weight excluding hydrogens is 1010 g/mol. The summed E-state index contributed by atoms with van der Waals surface area (Å²) in [5.41, 5.74) is 5.55. The van der Waals surface area contributed by atoms with Crippen molar-refractivity contribution in [3.8, 4) is 35.3 Å². The van der Waals surface area contributed by atoms with Gasteiger partial charge < -0.3 is 59.5 Å². The number of pyridine rings is 3. The number of carboxylic acid groups (broad SMARTS) is 1. The van der Waals surface area contributed by atoms with Gasteiger partial charge in [-0.2, -0.15) is 10.5 Å². The van der Waals surface area contributed by atoms with Crippen LogP contribution in [0.15, 0.2) is 42.5 Å². The number of cyclic esters (lactones) is 2. The van der Waals surface area contributed by atoms with E-state index < -0.39 is 12.2 Å². The molecule has 4 unspecified atom stereocenters. The lowest BCUT2D eigenvalue weighted by Gasteiger charge is -2.26. The molecule has 1 aromatic carbocycles. The lowest BCUT2D eigenvalue weighted by atomic mass is 10.0. The number of hydrogen-bond donors (Lipinski definition) is 5. The first kappa shape index (κ1) is 54.4. The molecule has 8 heterocycles. The molecule has 4 amide bonds. The minimum Gasteiger partial charge on any atom is -0.491 e. The summed E-state index contributed by atoms with van der Waals surface area (Å²) in [7, 11) is 1.55. The average molecular weight is 1070 g/mol. The van der Waals surface area contributed by atoms with Crippen LogP contribution in [0, 0.1) is 34.5 Å². The van der Waals surface area contributed by atoms with Gasteiger partial charge in [-0.15, -0.1) is 0 Å². The maximum Gasteiger partial charge on any atom is 0.415 e.